The first-order valence-corrected chi connectivity index (χ1v) is 9.64. The van der Waals surface area contributed by atoms with Crippen molar-refractivity contribution < 1.29 is 8.78 Å². The van der Waals surface area contributed by atoms with Crippen LogP contribution in [0.3, 0.4) is 0 Å². The van der Waals surface area contributed by atoms with Crippen LogP contribution in [0.5, 0.6) is 0 Å². The van der Waals surface area contributed by atoms with Gasteiger partial charge in [0.1, 0.15) is 17.3 Å². The van der Waals surface area contributed by atoms with Crippen molar-refractivity contribution in [3.63, 3.8) is 0 Å². The molecule has 0 aliphatic rings. The molecule has 0 atom stereocenters. The maximum absolute atomic E-state index is 14.2. The van der Waals surface area contributed by atoms with Crippen LogP contribution in [0.25, 0.3) is 33.7 Å². The summed E-state index contributed by atoms with van der Waals surface area (Å²) >= 11 is 6.44. The Morgan fingerprint density at radius 3 is 2.30 bits per heavy atom. The molecule has 0 aliphatic heterocycles. The van der Waals surface area contributed by atoms with Crippen LogP contribution in [-0.4, -0.2) is 49.3 Å². The van der Waals surface area contributed by atoms with E-state index in [2.05, 4.69) is 35.8 Å². The van der Waals surface area contributed by atoms with Crippen LogP contribution in [0, 0.1) is 18.6 Å². The molecular formula is C22H22ClF2N4Na. The van der Waals surface area contributed by atoms with Crippen molar-refractivity contribution in [3.8, 4) is 22.6 Å². The monoisotopic (exact) mass is 438 g/mol. The standard InChI is InChI=1S/C22H21ClF2N4.Na.H/c1-11-19(29(5)28-20(11)22(2,3)4)21-26-16-10-12(9-13(23)18(16)27-21)17-14(24)7-6-8-15(17)25;;/h6-10H,1-5H3,(H,26,27);;. The van der Waals surface area contributed by atoms with Gasteiger partial charge in [-0.25, -0.2) is 13.8 Å². The van der Waals surface area contributed by atoms with Crippen molar-refractivity contribution in [2.45, 2.75) is 33.1 Å². The maximum atomic E-state index is 14.2. The Morgan fingerprint density at radius 2 is 1.73 bits per heavy atom. The number of aromatic amines is 1. The van der Waals surface area contributed by atoms with Gasteiger partial charge in [-0.3, -0.25) is 4.68 Å². The third-order valence-electron chi connectivity index (χ3n) is 5.02. The number of halogens is 3. The molecule has 0 unspecified atom stereocenters. The normalized spacial score (nSPS) is 11.7. The summed E-state index contributed by atoms with van der Waals surface area (Å²) in [7, 11) is 1.87. The minimum absolute atomic E-state index is 0. The summed E-state index contributed by atoms with van der Waals surface area (Å²) in [4.78, 5) is 7.90. The van der Waals surface area contributed by atoms with Crippen LogP contribution in [-0.2, 0) is 12.5 Å². The zero-order chi connectivity index (χ0) is 21.1. The Kier molecular flexibility index (Phi) is 6.18. The van der Waals surface area contributed by atoms with Crippen molar-refractivity contribution in [3.05, 3.63) is 58.2 Å². The van der Waals surface area contributed by atoms with E-state index in [4.69, 9.17) is 11.6 Å². The van der Waals surface area contributed by atoms with Crippen LogP contribution in [0.2, 0.25) is 5.02 Å². The van der Waals surface area contributed by atoms with E-state index in [0.29, 0.717) is 27.4 Å². The molecule has 8 heteroatoms. The molecule has 0 fully saturated rings. The van der Waals surface area contributed by atoms with Crippen molar-refractivity contribution in [1.82, 2.24) is 19.7 Å². The number of nitrogens with one attached hydrogen (secondary N) is 1. The SMILES string of the molecule is Cc1c(C(C)(C)C)nn(C)c1-c1nc2cc(-c3c(F)cccc3F)cc(Cl)c2[nH]1.[NaH]. The zero-order valence-electron chi connectivity index (χ0n) is 16.9. The Labute approximate surface area is 201 Å². The zero-order valence-corrected chi connectivity index (χ0v) is 17.6. The molecule has 152 valence electrons. The molecule has 0 spiro atoms. The number of hydrogen-bond acceptors (Lipinski definition) is 2. The van der Waals surface area contributed by atoms with Crippen LogP contribution >= 0.6 is 11.6 Å². The van der Waals surface area contributed by atoms with E-state index in [-0.39, 0.29) is 40.5 Å². The molecule has 1 N–H and O–H groups in total. The predicted octanol–water partition coefficient (Wildman–Crippen LogP) is 5.52. The first kappa shape index (κ1) is 22.9. The van der Waals surface area contributed by atoms with Crippen molar-refractivity contribution in [2.24, 2.45) is 7.05 Å². The van der Waals surface area contributed by atoms with E-state index in [1.807, 2.05) is 14.0 Å². The summed E-state index contributed by atoms with van der Waals surface area (Å²) < 4.78 is 30.3. The van der Waals surface area contributed by atoms with Crippen LogP contribution in [0.1, 0.15) is 32.0 Å². The van der Waals surface area contributed by atoms with E-state index in [9.17, 15) is 8.78 Å². The number of benzene rings is 2. The number of aryl methyl sites for hydroxylation is 1. The number of fused-ring (bicyclic) bond motifs is 1. The number of nitrogens with zero attached hydrogens (tertiary/aromatic N) is 3. The van der Waals surface area contributed by atoms with Gasteiger partial charge in [0.2, 0.25) is 0 Å². The number of aromatic nitrogens is 4. The van der Waals surface area contributed by atoms with E-state index in [1.165, 1.54) is 18.2 Å². The van der Waals surface area contributed by atoms with Gasteiger partial charge >= 0.3 is 29.6 Å². The summed E-state index contributed by atoms with van der Waals surface area (Å²) in [6.07, 6.45) is 0. The number of rotatable bonds is 2. The second kappa shape index (κ2) is 8.08. The van der Waals surface area contributed by atoms with Crippen LogP contribution < -0.4 is 0 Å². The molecular weight excluding hydrogens is 417 g/mol. The molecule has 0 aliphatic carbocycles. The van der Waals surface area contributed by atoms with Gasteiger partial charge < -0.3 is 4.98 Å². The second-order valence-corrected chi connectivity index (χ2v) is 8.64. The fourth-order valence-electron chi connectivity index (χ4n) is 3.77. The Balaban J connectivity index is 0.00000256. The fraction of sp³-hybridized carbons (Fsp3) is 0.273. The van der Waals surface area contributed by atoms with E-state index < -0.39 is 11.6 Å². The third kappa shape index (κ3) is 3.82. The molecule has 0 saturated carbocycles. The van der Waals surface area contributed by atoms with Gasteiger partial charge in [0.05, 0.1) is 27.3 Å². The summed E-state index contributed by atoms with van der Waals surface area (Å²) in [5.74, 6) is -0.682. The average Bonchev–Trinajstić information content (AvgIpc) is 3.15. The van der Waals surface area contributed by atoms with Gasteiger partial charge in [0, 0.05) is 18.0 Å². The molecule has 2 aromatic heterocycles. The van der Waals surface area contributed by atoms with E-state index >= 15 is 0 Å². The number of imidazole rings is 1. The van der Waals surface area contributed by atoms with Crippen molar-refractivity contribution >= 4 is 52.2 Å². The minimum atomic E-state index is -0.645. The van der Waals surface area contributed by atoms with Gasteiger partial charge in [-0.2, -0.15) is 5.10 Å². The quantitative estimate of drug-likeness (QED) is 0.419. The van der Waals surface area contributed by atoms with E-state index in [1.54, 1.807) is 16.8 Å². The van der Waals surface area contributed by atoms with Gasteiger partial charge in [-0.05, 0) is 36.8 Å². The summed E-state index contributed by atoms with van der Waals surface area (Å²) in [5.41, 5.74) is 4.11. The van der Waals surface area contributed by atoms with Crippen molar-refractivity contribution in [1.29, 1.82) is 0 Å². The molecule has 4 rings (SSSR count). The molecule has 0 bridgehead atoms. The molecule has 2 aromatic carbocycles. The first-order valence-electron chi connectivity index (χ1n) is 9.26. The molecule has 0 radical (unpaired) electrons. The Hall–Kier alpha value is -1.73. The fourth-order valence-corrected chi connectivity index (χ4v) is 4.04. The summed E-state index contributed by atoms with van der Waals surface area (Å²) in [6.45, 7) is 8.34. The molecule has 0 saturated heterocycles. The van der Waals surface area contributed by atoms with Gasteiger partial charge in [-0.15, -0.1) is 0 Å². The second-order valence-electron chi connectivity index (χ2n) is 8.23. The van der Waals surface area contributed by atoms with Crippen LogP contribution in [0.15, 0.2) is 30.3 Å². The Bertz CT molecular complexity index is 1230. The predicted molar refractivity (Wildman–Crippen MR) is 119 cm³/mol. The molecule has 4 nitrogen and oxygen atoms in total. The molecule has 4 aromatic rings. The summed E-state index contributed by atoms with van der Waals surface area (Å²) in [5, 5.41) is 5.01. The number of H-pyrrole nitrogens is 1. The van der Waals surface area contributed by atoms with Gasteiger partial charge in [-0.1, -0.05) is 38.4 Å². The van der Waals surface area contributed by atoms with Crippen molar-refractivity contribution in [2.75, 3.05) is 0 Å². The van der Waals surface area contributed by atoms with Crippen LogP contribution in [0.4, 0.5) is 8.78 Å². The third-order valence-corrected chi connectivity index (χ3v) is 5.31. The van der Waals surface area contributed by atoms with E-state index in [0.717, 1.165) is 17.0 Å². The molecule has 0 amide bonds. The molecule has 2 heterocycles. The average molecular weight is 439 g/mol. The Morgan fingerprint density at radius 1 is 1.10 bits per heavy atom. The topological polar surface area (TPSA) is 46.5 Å². The first-order chi connectivity index (χ1) is 13.6. The summed E-state index contributed by atoms with van der Waals surface area (Å²) in [6, 6.07) is 6.96. The number of hydrogen-bond donors (Lipinski definition) is 1. The van der Waals surface area contributed by atoms with Gasteiger partial charge in [0.15, 0.2) is 5.82 Å². The molecule has 30 heavy (non-hydrogen) atoms. The van der Waals surface area contributed by atoms with Gasteiger partial charge in [0.25, 0.3) is 0 Å².